The molecular weight excluding hydrogens is 300 g/mol. The molecule has 0 aromatic carbocycles. The van der Waals surface area contributed by atoms with E-state index in [2.05, 4.69) is 29.0 Å². The van der Waals surface area contributed by atoms with Gasteiger partial charge in [0.1, 0.15) is 0 Å². The van der Waals surface area contributed by atoms with Crippen LogP contribution >= 0.6 is 0 Å². The summed E-state index contributed by atoms with van der Waals surface area (Å²) in [5.74, 6) is 0.0749. The highest BCUT2D eigenvalue weighted by molar-refractivity contribution is 5.94. The summed E-state index contributed by atoms with van der Waals surface area (Å²) in [6.07, 6.45) is 7.14. The number of aromatic nitrogens is 2. The number of carbonyl (C=O) groups is 1. The fourth-order valence-electron chi connectivity index (χ4n) is 3.46. The second-order valence-electron chi connectivity index (χ2n) is 6.63. The maximum Gasteiger partial charge on any atom is 0.255 e. The van der Waals surface area contributed by atoms with Gasteiger partial charge in [-0.3, -0.25) is 14.8 Å². The Morgan fingerprint density at radius 1 is 1.25 bits per heavy atom. The number of pyridine rings is 2. The van der Waals surface area contributed by atoms with Crippen LogP contribution in [0.2, 0.25) is 0 Å². The highest BCUT2D eigenvalue weighted by Crippen LogP contribution is 2.26. The molecule has 1 fully saturated rings. The van der Waals surface area contributed by atoms with Crippen molar-refractivity contribution in [3.63, 3.8) is 0 Å². The number of nitrogens with zero attached hydrogens (tertiary/aromatic N) is 4. The second-order valence-corrected chi connectivity index (χ2v) is 6.63. The van der Waals surface area contributed by atoms with E-state index in [0.29, 0.717) is 11.6 Å². The molecule has 0 unspecified atom stereocenters. The van der Waals surface area contributed by atoms with E-state index >= 15 is 0 Å². The van der Waals surface area contributed by atoms with Crippen molar-refractivity contribution in [1.29, 1.82) is 0 Å². The van der Waals surface area contributed by atoms with E-state index in [1.807, 2.05) is 48.5 Å². The molecule has 5 heteroatoms. The number of amides is 1. The Morgan fingerprint density at radius 2 is 2.00 bits per heavy atom. The van der Waals surface area contributed by atoms with Crippen LogP contribution in [0.4, 0.5) is 0 Å². The number of likely N-dealkylation sites (tertiary alicyclic amines) is 1. The summed E-state index contributed by atoms with van der Waals surface area (Å²) in [6.45, 7) is 2.71. The first-order valence-electron chi connectivity index (χ1n) is 8.35. The molecule has 1 saturated heterocycles. The highest BCUT2D eigenvalue weighted by atomic mass is 16.2. The number of hydrogen-bond donors (Lipinski definition) is 0. The van der Waals surface area contributed by atoms with Crippen LogP contribution in [0.25, 0.3) is 0 Å². The minimum Gasteiger partial charge on any atom is -0.334 e. The summed E-state index contributed by atoms with van der Waals surface area (Å²) >= 11 is 0. The van der Waals surface area contributed by atoms with Gasteiger partial charge in [-0.05, 0) is 63.7 Å². The summed E-state index contributed by atoms with van der Waals surface area (Å²) < 4.78 is 0. The van der Waals surface area contributed by atoms with Crippen LogP contribution in [-0.4, -0.2) is 58.4 Å². The molecule has 0 N–H and O–H groups in total. The molecule has 0 spiro atoms. The fourth-order valence-corrected chi connectivity index (χ4v) is 3.46. The highest BCUT2D eigenvalue weighted by Gasteiger charge is 2.38. The summed E-state index contributed by atoms with van der Waals surface area (Å²) in [5.41, 5.74) is 2.80. The van der Waals surface area contributed by atoms with Gasteiger partial charge in [-0.25, -0.2) is 0 Å². The van der Waals surface area contributed by atoms with Crippen molar-refractivity contribution in [2.45, 2.75) is 31.8 Å². The van der Waals surface area contributed by atoms with Gasteiger partial charge in [-0.1, -0.05) is 0 Å². The quantitative estimate of drug-likeness (QED) is 0.865. The van der Waals surface area contributed by atoms with Crippen LogP contribution < -0.4 is 0 Å². The molecule has 2 aromatic rings. The van der Waals surface area contributed by atoms with Gasteiger partial charge in [0.25, 0.3) is 5.91 Å². The lowest BCUT2D eigenvalue weighted by Gasteiger charge is -2.31. The first-order chi connectivity index (χ1) is 11.6. The van der Waals surface area contributed by atoms with Gasteiger partial charge in [0.15, 0.2) is 0 Å². The molecule has 1 aliphatic heterocycles. The molecule has 0 radical (unpaired) electrons. The van der Waals surface area contributed by atoms with Crippen LogP contribution in [0.5, 0.6) is 0 Å². The van der Waals surface area contributed by atoms with Crippen molar-refractivity contribution in [2.24, 2.45) is 0 Å². The second kappa shape index (κ2) is 7.09. The lowest BCUT2D eigenvalue weighted by Crippen LogP contribution is -2.45. The number of hydrogen-bond acceptors (Lipinski definition) is 4. The topological polar surface area (TPSA) is 49.3 Å². The van der Waals surface area contributed by atoms with E-state index in [0.717, 1.165) is 25.1 Å². The zero-order valence-electron chi connectivity index (χ0n) is 14.5. The van der Waals surface area contributed by atoms with Gasteiger partial charge in [0.2, 0.25) is 0 Å². The summed E-state index contributed by atoms with van der Waals surface area (Å²) in [4.78, 5) is 25.6. The van der Waals surface area contributed by atoms with Crippen LogP contribution in [-0.2, 0) is 6.42 Å². The van der Waals surface area contributed by atoms with E-state index in [1.165, 1.54) is 5.56 Å². The first-order valence-corrected chi connectivity index (χ1v) is 8.35. The predicted octanol–water partition coefficient (Wildman–Crippen LogP) is 2.17. The Labute approximate surface area is 143 Å². The van der Waals surface area contributed by atoms with Gasteiger partial charge < -0.3 is 9.80 Å². The van der Waals surface area contributed by atoms with Crippen LogP contribution in [0, 0.1) is 6.92 Å². The zero-order chi connectivity index (χ0) is 17.1. The van der Waals surface area contributed by atoms with Crippen LogP contribution in [0.3, 0.4) is 0 Å². The molecule has 126 valence electrons. The summed E-state index contributed by atoms with van der Waals surface area (Å²) in [7, 11) is 4.18. The molecule has 0 aliphatic carbocycles. The van der Waals surface area contributed by atoms with Gasteiger partial charge in [-0.2, -0.15) is 0 Å². The van der Waals surface area contributed by atoms with Gasteiger partial charge >= 0.3 is 0 Å². The number of aryl methyl sites for hydroxylation is 1. The van der Waals surface area contributed by atoms with Crippen molar-refractivity contribution >= 4 is 5.91 Å². The largest absolute Gasteiger partial charge is 0.334 e. The summed E-state index contributed by atoms with van der Waals surface area (Å²) in [6, 6.07) is 8.35. The van der Waals surface area contributed by atoms with E-state index in [4.69, 9.17) is 0 Å². The minimum atomic E-state index is 0.0749. The van der Waals surface area contributed by atoms with E-state index in [-0.39, 0.29) is 11.9 Å². The molecule has 5 nitrogen and oxygen atoms in total. The Morgan fingerprint density at radius 3 is 2.62 bits per heavy atom. The molecule has 1 amide bonds. The Kier molecular flexibility index (Phi) is 4.90. The van der Waals surface area contributed by atoms with Gasteiger partial charge in [0, 0.05) is 36.9 Å². The maximum absolute atomic E-state index is 13.0. The van der Waals surface area contributed by atoms with Crippen LogP contribution in [0.15, 0.2) is 42.9 Å². The van der Waals surface area contributed by atoms with E-state index in [1.54, 1.807) is 6.20 Å². The molecule has 2 atom stereocenters. The molecule has 1 aliphatic rings. The monoisotopic (exact) mass is 324 g/mol. The number of rotatable bonds is 4. The van der Waals surface area contributed by atoms with Crippen molar-refractivity contribution in [1.82, 2.24) is 19.8 Å². The van der Waals surface area contributed by atoms with E-state index in [9.17, 15) is 4.79 Å². The smallest absolute Gasteiger partial charge is 0.255 e. The third-order valence-electron chi connectivity index (χ3n) is 4.79. The molecule has 3 rings (SSSR count). The number of carbonyl (C=O) groups excluding carboxylic acids is 1. The summed E-state index contributed by atoms with van der Waals surface area (Å²) in [5, 5.41) is 0. The Bertz CT molecular complexity index is 684. The zero-order valence-corrected chi connectivity index (χ0v) is 14.5. The number of likely N-dealkylation sites (N-methyl/N-ethyl adjacent to an activating group) is 1. The Balaban J connectivity index is 1.84. The molecular formula is C19H24N4O. The molecule has 2 aromatic heterocycles. The lowest BCUT2D eigenvalue weighted by atomic mass is 9.99. The molecule has 0 saturated carbocycles. The predicted molar refractivity (Wildman–Crippen MR) is 93.8 cm³/mol. The van der Waals surface area contributed by atoms with Gasteiger partial charge in [0.05, 0.1) is 11.6 Å². The fraction of sp³-hybridized carbons (Fsp3) is 0.421. The molecule has 3 heterocycles. The van der Waals surface area contributed by atoms with Crippen molar-refractivity contribution < 1.29 is 4.79 Å². The van der Waals surface area contributed by atoms with E-state index < -0.39 is 0 Å². The SMILES string of the molecule is Cc1ccc(C(=O)N2CC[C@@H](N(C)C)[C@@H]2Cc2ccncc2)cn1. The average Bonchev–Trinajstić information content (AvgIpc) is 2.99. The standard InChI is InChI=1S/C19H24N4O/c1-14-4-5-16(13-21-14)19(24)23-11-8-17(22(2)3)18(23)12-15-6-9-20-10-7-15/h4-7,9-10,13,17-18H,8,11-12H2,1-3H3/t17-,18+/m1/s1. The lowest BCUT2D eigenvalue weighted by molar-refractivity contribution is 0.0704. The maximum atomic E-state index is 13.0. The third-order valence-corrected chi connectivity index (χ3v) is 4.79. The normalized spacial score (nSPS) is 20.6. The van der Waals surface area contributed by atoms with Crippen molar-refractivity contribution in [2.75, 3.05) is 20.6 Å². The van der Waals surface area contributed by atoms with Crippen LogP contribution in [0.1, 0.15) is 28.0 Å². The third kappa shape index (κ3) is 3.46. The molecule has 0 bridgehead atoms. The first kappa shape index (κ1) is 16.6. The van der Waals surface area contributed by atoms with Crippen molar-refractivity contribution in [3.05, 3.63) is 59.7 Å². The van der Waals surface area contributed by atoms with Crippen molar-refractivity contribution in [3.8, 4) is 0 Å². The molecule has 24 heavy (non-hydrogen) atoms. The minimum absolute atomic E-state index is 0.0749. The van der Waals surface area contributed by atoms with Gasteiger partial charge in [-0.15, -0.1) is 0 Å². The average molecular weight is 324 g/mol. The Hall–Kier alpha value is -2.27.